The second-order valence-corrected chi connectivity index (χ2v) is 8.58. The quantitative estimate of drug-likeness (QED) is 0.554. The van der Waals surface area contributed by atoms with Gasteiger partial charge in [0, 0.05) is 10.8 Å². The zero-order chi connectivity index (χ0) is 18.7. The van der Waals surface area contributed by atoms with Crippen molar-refractivity contribution in [2.75, 3.05) is 0 Å². The maximum atomic E-state index is 4.13. The summed E-state index contributed by atoms with van der Waals surface area (Å²) < 4.78 is 0. The van der Waals surface area contributed by atoms with Crippen molar-refractivity contribution in [1.29, 1.82) is 0 Å². The molecule has 0 heterocycles. The van der Waals surface area contributed by atoms with Crippen LogP contribution in [0, 0.1) is 0 Å². The topological polar surface area (TPSA) is 0 Å². The number of hydrogen-bond donors (Lipinski definition) is 0. The third kappa shape index (κ3) is 2.08. The van der Waals surface area contributed by atoms with E-state index < -0.39 is 0 Å². The van der Waals surface area contributed by atoms with E-state index in [2.05, 4.69) is 95.8 Å². The first kappa shape index (κ1) is 17.1. The first-order valence-electron chi connectivity index (χ1n) is 9.67. The number of allylic oxidation sites excluding steroid dienone is 5. The highest BCUT2D eigenvalue weighted by atomic mass is 14.4. The summed E-state index contributed by atoms with van der Waals surface area (Å²) in [5.41, 5.74) is 11.2. The molecule has 0 saturated carbocycles. The Hall–Kier alpha value is -2.34. The Bertz CT molecular complexity index is 977. The number of rotatable bonds is 3. The smallest absolute Gasteiger partial charge is 0.0159 e. The summed E-state index contributed by atoms with van der Waals surface area (Å²) in [5.74, 6) is 0. The van der Waals surface area contributed by atoms with E-state index in [9.17, 15) is 0 Å². The Labute approximate surface area is 158 Å². The molecule has 0 aromatic heterocycles. The molecule has 0 saturated heterocycles. The van der Waals surface area contributed by atoms with Crippen LogP contribution in [0.3, 0.4) is 0 Å². The molecule has 0 amide bonds. The first-order chi connectivity index (χ1) is 12.3. The highest BCUT2D eigenvalue weighted by Crippen LogP contribution is 2.54. The Balaban J connectivity index is 2.03. The second kappa shape index (κ2) is 5.58. The highest BCUT2D eigenvalue weighted by molar-refractivity contribution is 5.92. The number of hydrogen-bond acceptors (Lipinski definition) is 0. The van der Waals surface area contributed by atoms with Crippen LogP contribution in [0.1, 0.15) is 63.3 Å². The molecule has 0 heteroatoms. The van der Waals surface area contributed by atoms with E-state index in [-0.39, 0.29) is 10.8 Å². The van der Waals surface area contributed by atoms with E-state index in [4.69, 9.17) is 0 Å². The van der Waals surface area contributed by atoms with Gasteiger partial charge in [0.2, 0.25) is 0 Å². The largest absolute Gasteiger partial charge is 0.0987 e. The SMILES string of the molecule is C=CC1=C(/C=C/CC)c2cc3c(cc2C1(C)C)-c1ccccc1C3(C)C. The standard InChI is InChI=1S/C26H28/c1-7-9-12-17-19-15-24-20(16-23(19)25(3,4)21(17)8-2)18-13-10-11-14-22(18)26(24,5)6/h8-16H,2,7H2,1,3-6H3/b12-9+. The minimum atomic E-state index is -0.0127. The molecule has 0 N–H and O–H groups in total. The predicted octanol–water partition coefficient (Wildman–Crippen LogP) is 7.19. The molecule has 0 atom stereocenters. The second-order valence-electron chi connectivity index (χ2n) is 8.58. The van der Waals surface area contributed by atoms with Gasteiger partial charge in [-0.1, -0.05) is 83.7 Å². The third-order valence-corrected chi connectivity index (χ3v) is 6.37. The van der Waals surface area contributed by atoms with E-state index in [0.29, 0.717) is 0 Å². The summed E-state index contributed by atoms with van der Waals surface area (Å²) in [5, 5.41) is 0. The Kier molecular flexibility index (Phi) is 3.67. The molecule has 0 spiro atoms. The molecule has 0 bridgehead atoms. The zero-order valence-electron chi connectivity index (χ0n) is 16.6. The molecule has 0 aliphatic heterocycles. The summed E-state index contributed by atoms with van der Waals surface area (Å²) in [6.07, 6.45) is 7.66. The van der Waals surface area contributed by atoms with Gasteiger partial charge in [-0.15, -0.1) is 0 Å². The lowest BCUT2D eigenvalue weighted by Gasteiger charge is -2.25. The molecule has 0 radical (unpaired) electrons. The fourth-order valence-corrected chi connectivity index (χ4v) is 4.89. The van der Waals surface area contributed by atoms with Gasteiger partial charge in [-0.2, -0.15) is 0 Å². The lowest BCUT2D eigenvalue weighted by Crippen LogP contribution is -2.17. The van der Waals surface area contributed by atoms with Gasteiger partial charge in [0.15, 0.2) is 0 Å². The molecule has 132 valence electrons. The van der Waals surface area contributed by atoms with Gasteiger partial charge >= 0.3 is 0 Å². The minimum Gasteiger partial charge on any atom is -0.0987 e. The van der Waals surface area contributed by atoms with Gasteiger partial charge in [0.05, 0.1) is 0 Å². The van der Waals surface area contributed by atoms with Crippen LogP contribution in [0.4, 0.5) is 0 Å². The lowest BCUT2D eigenvalue weighted by molar-refractivity contribution is 0.647. The van der Waals surface area contributed by atoms with Gasteiger partial charge in [0.25, 0.3) is 0 Å². The van der Waals surface area contributed by atoms with Crippen molar-refractivity contribution >= 4 is 5.57 Å². The summed E-state index contributed by atoms with van der Waals surface area (Å²) in [4.78, 5) is 0. The Morgan fingerprint density at radius 3 is 2.19 bits per heavy atom. The molecule has 2 aliphatic carbocycles. The van der Waals surface area contributed by atoms with Crippen molar-refractivity contribution in [3.05, 3.63) is 89.0 Å². The third-order valence-electron chi connectivity index (χ3n) is 6.37. The molecule has 0 unspecified atom stereocenters. The van der Waals surface area contributed by atoms with Crippen molar-refractivity contribution < 1.29 is 0 Å². The Morgan fingerprint density at radius 2 is 1.50 bits per heavy atom. The van der Waals surface area contributed by atoms with Crippen molar-refractivity contribution in [3.8, 4) is 11.1 Å². The summed E-state index contributed by atoms with van der Waals surface area (Å²) in [7, 11) is 0. The van der Waals surface area contributed by atoms with Gasteiger partial charge in [-0.25, -0.2) is 0 Å². The molecular weight excluding hydrogens is 312 g/mol. The van der Waals surface area contributed by atoms with Crippen LogP contribution in [-0.4, -0.2) is 0 Å². The van der Waals surface area contributed by atoms with Crippen LogP contribution in [0.2, 0.25) is 0 Å². The van der Waals surface area contributed by atoms with E-state index in [1.165, 1.54) is 44.5 Å². The van der Waals surface area contributed by atoms with E-state index in [1.807, 2.05) is 0 Å². The summed E-state index contributed by atoms with van der Waals surface area (Å²) in [6, 6.07) is 13.8. The van der Waals surface area contributed by atoms with E-state index in [0.717, 1.165) is 6.42 Å². The fourth-order valence-electron chi connectivity index (χ4n) is 4.89. The molecule has 4 rings (SSSR count). The molecular formula is C26H28. The van der Waals surface area contributed by atoms with E-state index >= 15 is 0 Å². The van der Waals surface area contributed by atoms with Crippen LogP contribution in [0.25, 0.3) is 16.7 Å². The number of fused-ring (bicyclic) bond motifs is 4. The molecule has 2 aliphatic rings. The average molecular weight is 341 g/mol. The van der Waals surface area contributed by atoms with Crippen LogP contribution < -0.4 is 0 Å². The summed E-state index contributed by atoms with van der Waals surface area (Å²) >= 11 is 0. The summed E-state index contributed by atoms with van der Waals surface area (Å²) in [6.45, 7) is 15.7. The molecule has 2 aromatic rings. The fraction of sp³-hybridized carbons (Fsp3) is 0.308. The van der Waals surface area contributed by atoms with Crippen molar-refractivity contribution in [3.63, 3.8) is 0 Å². The lowest BCUT2D eigenvalue weighted by atomic mass is 9.78. The minimum absolute atomic E-state index is 0.0127. The molecule has 0 nitrogen and oxygen atoms in total. The molecule has 2 aromatic carbocycles. The predicted molar refractivity (Wildman–Crippen MR) is 114 cm³/mol. The van der Waals surface area contributed by atoms with Crippen molar-refractivity contribution in [1.82, 2.24) is 0 Å². The van der Waals surface area contributed by atoms with Crippen molar-refractivity contribution in [2.24, 2.45) is 0 Å². The van der Waals surface area contributed by atoms with E-state index in [1.54, 1.807) is 0 Å². The van der Waals surface area contributed by atoms with Gasteiger partial charge in [0.1, 0.15) is 0 Å². The normalized spacial score (nSPS) is 18.8. The first-order valence-corrected chi connectivity index (χ1v) is 9.67. The van der Waals surface area contributed by atoms with Crippen molar-refractivity contribution in [2.45, 2.75) is 51.9 Å². The molecule has 26 heavy (non-hydrogen) atoms. The highest BCUT2D eigenvalue weighted by Gasteiger charge is 2.41. The number of benzene rings is 2. The van der Waals surface area contributed by atoms with Crippen LogP contribution in [-0.2, 0) is 10.8 Å². The monoisotopic (exact) mass is 340 g/mol. The average Bonchev–Trinajstić information content (AvgIpc) is 2.98. The maximum absolute atomic E-state index is 4.13. The maximum Gasteiger partial charge on any atom is 0.0159 e. The van der Waals surface area contributed by atoms with Gasteiger partial charge in [-0.05, 0) is 63.1 Å². The molecule has 0 fully saturated rings. The Morgan fingerprint density at radius 1 is 0.846 bits per heavy atom. The van der Waals surface area contributed by atoms with Gasteiger partial charge < -0.3 is 0 Å². The van der Waals surface area contributed by atoms with Crippen LogP contribution in [0.5, 0.6) is 0 Å². The zero-order valence-corrected chi connectivity index (χ0v) is 16.6. The van der Waals surface area contributed by atoms with Crippen LogP contribution >= 0.6 is 0 Å². The van der Waals surface area contributed by atoms with Crippen LogP contribution in [0.15, 0.2) is 66.8 Å². The van der Waals surface area contributed by atoms with Gasteiger partial charge in [-0.3, -0.25) is 0 Å².